The number of amides is 1. The van der Waals surface area contributed by atoms with Crippen LogP contribution in [0.4, 0.5) is 0 Å². The van der Waals surface area contributed by atoms with E-state index in [4.69, 9.17) is 0 Å². The van der Waals surface area contributed by atoms with Crippen molar-refractivity contribution in [1.29, 1.82) is 0 Å². The number of aryl methyl sites for hydroxylation is 2. The molecule has 0 bridgehead atoms. The molecule has 1 amide bonds. The first kappa shape index (κ1) is 14.8. The van der Waals surface area contributed by atoms with E-state index in [2.05, 4.69) is 10.4 Å². The van der Waals surface area contributed by atoms with E-state index in [1.165, 1.54) is 6.08 Å². The fraction of sp³-hybridized carbons (Fsp3) is 0.600. The number of carbonyl (C=O) groups excluding carboxylic acids is 1. The molecule has 2 rings (SSSR count). The molecule has 1 saturated carbocycles. The summed E-state index contributed by atoms with van der Waals surface area (Å²) in [6, 6.07) is -0.114. The van der Waals surface area contributed by atoms with Crippen LogP contribution < -0.4 is 5.32 Å². The second kappa shape index (κ2) is 6.22. The van der Waals surface area contributed by atoms with E-state index in [-0.39, 0.29) is 11.9 Å². The van der Waals surface area contributed by atoms with E-state index in [1.807, 2.05) is 20.9 Å². The first-order valence-electron chi connectivity index (χ1n) is 7.16. The molecule has 0 aliphatic heterocycles. The lowest BCUT2D eigenvalue weighted by molar-refractivity contribution is -0.118. The normalized spacial score (nSPS) is 23.2. The lowest BCUT2D eigenvalue weighted by Crippen LogP contribution is -2.44. The number of nitrogens with one attached hydrogen (secondary N) is 1. The largest absolute Gasteiger partial charge is 0.391 e. The zero-order valence-electron chi connectivity index (χ0n) is 12.4. The van der Waals surface area contributed by atoms with Gasteiger partial charge in [0.15, 0.2) is 0 Å². The number of rotatable bonds is 3. The Labute approximate surface area is 119 Å². The van der Waals surface area contributed by atoms with Crippen molar-refractivity contribution in [2.24, 2.45) is 7.05 Å². The maximum absolute atomic E-state index is 11.9. The van der Waals surface area contributed by atoms with E-state index in [1.54, 1.807) is 10.8 Å². The van der Waals surface area contributed by atoms with Crippen LogP contribution in [0.15, 0.2) is 6.08 Å². The molecule has 1 aliphatic carbocycles. The summed E-state index contributed by atoms with van der Waals surface area (Å²) < 4.78 is 1.80. The van der Waals surface area contributed by atoms with Gasteiger partial charge in [-0.1, -0.05) is 12.8 Å². The van der Waals surface area contributed by atoms with Crippen LogP contribution in [0.2, 0.25) is 0 Å². The molecular weight excluding hydrogens is 254 g/mol. The van der Waals surface area contributed by atoms with Crippen LogP contribution in [0.3, 0.4) is 0 Å². The third-order valence-electron chi connectivity index (χ3n) is 4.02. The Bertz CT molecular complexity index is 519. The highest BCUT2D eigenvalue weighted by atomic mass is 16.3. The molecular formula is C15H23N3O2. The van der Waals surface area contributed by atoms with Gasteiger partial charge in [-0.2, -0.15) is 5.10 Å². The van der Waals surface area contributed by atoms with Gasteiger partial charge in [0.25, 0.3) is 0 Å². The second-order valence-corrected chi connectivity index (χ2v) is 5.51. The highest BCUT2D eigenvalue weighted by Gasteiger charge is 2.23. The Balaban J connectivity index is 1.98. The summed E-state index contributed by atoms with van der Waals surface area (Å²) in [5.74, 6) is -0.154. The van der Waals surface area contributed by atoms with Crippen molar-refractivity contribution < 1.29 is 9.90 Å². The molecule has 2 N–H and O–H groups in total. The van der Waals surface area contributed by atoms with Gasteiger partial charge in [-0.15, -0.1) is 0 Å². The van der Waals surface area contributed by atoms with Gasteiger partial charge in [0.05, 0.1) is 17.8 Å². The monoisotopic (exact) mass is 277 g/mol. The van der Waals surface area contributed by atoms with Crippen LogP contribution in [0, 0.1) is 13.8 Å². The molecule has 2 unspecified atom stereocenters. The molecule has 5 heteroatoms. The molecule has 110 valence electrons. The Hall–Kier alpha value is -1.62. The van der Waals surface area contributed by atoms with Crippen molar-refractivity contribution in [2.45, 2.75) is 51.7 Å². The Morgan fingerprint density at radius 2 is 2.10 bits per heavy atom. The molecule has 1 aromatic heterocycles. The quantitative estimate of drug-likeness (QED) is 0.822. The van der Waals surface area contributed by atoms with Crippen LogP contribution in [0.25, 0.3) is 6.08 Å². The van der Waals surface area contributed by atoms with Gasteiger partial charge in [-0.25, -0.2) is 0 Å². The molecule has 1 heterocycles. The molecule has 1 aliphatic rings. The number of aromatic nitrogens is 2. The average molecular weight is 277 g/mol. The minimum Gasteiger partial charge on any atom is -0.391 e. The van der Waals surface area contributed by atoms with Crippen molar-refractivity contribution in [1.82, 2.24) is 15.1 Å². The molecule has 0 radical (unpaired) electrons. The number of aliphatic hydroxyl groups is 1. The summed E-state index contributed by atoms with van der Waals surface area (Å²) in [5.41, 5.74) is 2.92. The van der Waals surface area contributed by atoms with Gasteiger partial charge in [-0.05, 0) is 32.8 Å². The lowest BCUT2D eigenvalue weighted by Gasteiger charge is -2.27. The summed E-state index contributed by atoms with van der Waals surface area (Å²) in [6.45, 7) is 3.90. The Kier molecular flexibility index (Phi) is 4.60. The van der Waals surface area contributed by atoms with Gasteiger partial charge in [0.2, 0.25) is 5.91 Å². The minimum atomic E-state index is -0.414. The molecule has 0 saturated heterocycles. The van der Waals surface area contributed by atoms with Crippen LogP contribution in [0.1, 0.15) is 42.6 Å². The van der Waals surface area contributed by atoms with Crippen molar-refractivity contribution >= 4 is 12.0 Å². The van der Waals surface area contributed by atoms with Crippen molar-refractivity contribution in [3.05, 3.63) is 23.0 Å². The second-order valence-electron chi connectivity index (χ2n) is 5.51. The summed E-state index contributed by atoms with van der Waals surface area (Å²) in [4.78, 5) is 11.9. The highest BCUT2D eigenvalue weighted by Crippen LogP contribution is 2.18. The van der Waals surface area contributed by atoms with Crippen molar-refractivity contribution in [3.8, 4) is 0 Å². The van der Waals surface area contributed by atoms with Crippen molar-refractivity contribution in [2.75, 3.05) is 0 Å². The summed E-state index contributed by atoms with van der Waals surface area (Å²) in [5, 5.41) is 17.0. The zero-order valence-corrected chi connectivity index (χ0v) is 12.4. The number of hydrogen-bond acceptors (Lipinski definition) is 3. The lowest BCUT2D eigenvalue weighted by atomic mass is 9.92. The summed E-state index contributed by atoms with van der Waals surface area (Å²) >= 11 is 0. The molecule has 2 atom stereocenters. The van der Waals surface area contributed by atoms with Gasteiger partial charge in [0.1, 0.15) is 0 Å². The van der Waals surface area contributed by atoms with Gasteiger partial charge in [-0.3, -0.25) is 9.48 Å². The first-order valence-corrected chi connectivity index (χ1v) is 7.16. The molecule has 5 nitrogen and oxygen atoms in total. The third-order valence-corrected chi connectivity index (χ3v) is 4.02. The van der Waals surface area contributed by atoms with E-state index in [0.29, 0.717) is 0 Å². The molecule has 1 aromatic rings. The highest BCUT2D eigenvalue weighted by molar-refractivity contribution is 5.92. The molecule has 0 aromatic carbocycles. The van der Waals surface area contributed by atoms with Crippen LogP contribution in [-0.4, -0.2) is 32.9 Å². The first-order chi connectivity index (χ1) is 9.49. The maximum Gasteiger partial charge on any atom is 0.244 e. The molecule has 20 heavy (non-hydrogen) atoms. The fourth-order valence-corrected chi connectivity index (χ4v) is 2.70. The fourth-order valence-electron chi connectivity index (χ4n) is 2.70. The standard InChI is InChI=1S/C15H23N3O2/c1-10-12(11(2)18(3)17-10)8-9-15(20)16-13-6-4-5-7-14(13)19/h8-9,13-14,19H,4-7H2,1-3H3,(H,16,20). The number of hydrogen-bond donors (Lipinski definition) is 2. The SMILES string of the molecule is Cc1nn(C)c(C)c1C=CC(=O)NC1CCCCC1O. The predicted octanol–water partition coefficient (Wildman–Crippen LogP) is 1.47. The number of nitrogens with zero attached hydrogens (tertiary/aromatic N) is 2. The average Bonchev–Trinajstić information content (AvgIpc) is 2.64. The van der Waals surface area contributed by atoms with E-state index >= 15 is 0 Å². The van der Waals surface area contributed by atoms with Crippen molar-refractivity contribution in [3.63, 3.8) is 0 Å². The molecule has 1 fully saturated rings. The topological polar surface area (TPSA) is 67.2 Å². The summed E-state index contributed by atoms with van der Waals surface area (Å²) in [6.07, 6.45) is 6.63. The summed E-state index contributed by atoms with van der Waals surface area (Å²) in [7, 11) is 1.89. The van der Waals surface area contributed by atoms with E-state index in [9.17, 15) is 9.90 Å². The maximum atomic E-state index is 11.9. The molecule has 0 spiro atoms. The predicted molar refractivity (Wildman–Crippen MR) is 78.1 cm³/mol. The zero-order chi connectivity index (χ0) is 14.7. The van der Waals surface area contributed by atoms with Gasteiger partial charge < -0.3 is 10.4 Å². The third kappa shape index (κ3) is 3.28. The minimum absolute atomic E-state index is 0.114. The number of aliphatic hydroxyl groups excluding tert-OH is 1. The Morgan fingerprint density at radius 3 is 2.70 bits per heavy atom. The van der Waals surface area contributed by atoms with Crippen LogP contribution in [0.5, 0.6) is 0 Å². The Morgan fingerprint density at radius 1 is 1.40 bits per heavy atom. The van der Waals surface area contributed by atoms with Crippen LogP contribution >= 0.6 is 0 Å². The van der Waals surface area contributed by atoms with E-state index < -0.39 is 6.10 Å². The van der Waals surface area contributed by atoms with Gasteiger partial charge in [0, 0.05) is 24.4 Å². The van der Waals surface area contributed by atoms with Crippen LogP contribution in [-0.2, 0) is 11.8 Å². The number of carbonyl (C=O) groups is 1. The van der Waals surface area contributed by atoms with E-state index in [0.717, 1.165) is 42.6 Å². The van der Waals surface area contributed by atoms with Gasteiger partial charge >= 0.3 is 0 Å². The smallest absolute Gasteiger partial charge is 0.244 e.